The predicted octanol–water partition coefficient (Wildman–Crippen LogP) is -12.8. The lowest BCUT2D eigenvalue weighted by molar-refractivity contribution is -0.398. The van der Waals surface area contributed by atoms with E-state index in [-0.39, 0.29) is 0 Å². The molecule has 6 rings (SSSR count). The number of nitrogens with one attached hydrogen (secondary N) is 2. The second kappa shape index (κ2) is 25.3. The van der Waals surface area contributed by atoms with E-state index < -0.39 is 229 Å². The van der Waals surface area contributed by atoms with Gasteiger partial charge in [-0.1, -0.05) is 0 Å². The van der Waals surface area contributed by atoms with Gasteiger partial charge < -0.3 is 150 Å². The fourth-order valence-electron chi connectivity index (χ4n) is 9.15. The Kier molecular flexibility index (Phi) is 20.8. The van der Waals surface area contributed by atoms with E-state index in [9.17, 15) is 96.4 Å². The Balaban J connectivity index is 1.14. The lowest BCUT2D eigenvalue weighted by Gasteiger charge is -2.50. The summed E-state index contributed by atoms with van der Waals surface area (Å²) >= 11 is 0. The minimum absolute atomic E-state index is 0.651. The number of hydrogen-bond donors (Lipinski definition) is 19. The normalized spacial score (nSPS) is 50.3. The van der Waals surface area contributed by atoms with Crippen molar-refractivity contribution in [2.24, 2.45) is 0 Å². The van der Waals surface area contributed by atoms with Crippen LogP contribution in [0.25, 0.3) is 0 Å². The Morgan fingerprint density at radius 2 is 0.819 bits per heavy atom. The second-order valence-corrected chi connectivity index (χ2v) is 18.3. The lowest BCUT2D eigenvalue weighted by Crippen LogP contribution is -2.69. The maximum absolute atomic E-state index is 12.3. The number of carbonyl (C=O) groups is 2. The zero-order valence-corrected chi connectivity index (χ0v) is 38.8. The van der Waals surface area contributed by atoms with Crippen molar-refractivity contribution in [3.8, 4) is 0 Å². The van der Waals surface area contributed by atoms with Gasteiger partial charge in [0.05, 0.1) is 39.1 Å². The number of ether oxygens (including phenoxy) is 11. The quantitative estimate of drug-likeness (QED) is 0.0643. The van der Waals surface area contributed by atoms with Crippen molar-refractivity contribution in [2.75, 3.05) is 33.0 Å². The van der Waals surface area contributed by atoms with E-state index in [0.717, 1.165) is 13.8 Å². The summed E-state index contributed by atoms with van der Waals surface area (Å²) in [5.74, 6) is -1.41. The van der Waals surface area contributed by atoms with Gasteiger partial charge in [-0.15, -0.1) is 0 Å². The van der Waals surface area contributed by atoms with Gasteiger partial charge in [0, 0.05) is 13.8 Å². The van der Waals surface area contributed by atoms with Gasteiger partial charge in [0.15, 0.2) is 37.7 Å². The molecule has 6 saturated heterocycles. The van der Waals surface area contributed by atoms with Crippen molar-refractivity contribution >= 4 is 11.8 Å². The second-order valence-electron chi connectivity index (χ2n) is 18.3. The maximum atomic E-state index is 12.3. The summed E-state index contributed by atoms with van der Waals surface area (Å²) in [6, 6.07) is -3.00. The third kappa shape index (κ3) is 12.6. The summed E-state index contributed by atoms with van der Waals surface area (Å²) < 4.78 is 62.4. The molecule has 72 heavy (non-hydrogen) atoms. The molecule has 32 nitrogen and oxygen atoms in total. The summed E-state index contributed by atoms with van der Waals surface area (Å²) in [7, 11) is 0. The van der Waals surface area contributed by atoms with Crippen molar-refractivity contribution in [2.45, 2.75) is 205 Å². The Morgan fingerprint density at radius 1 is 0.389 bits per heavy atom. The average Bonchev–Trinajstić information content (AvgIpc) is 3.34. The highest BCUT2D eigenvalue weighted by Gasteiger charge is 2.57. The van der Waals surface area contributed by atoms with Crippen LogP contribution in [0.4, 0.5) is 0 Å². The molecule has 0 bridgehead atoms. The highest BCUT2D eigenvalue weighted by Crippen LogP contribution is 2.36. The monoisotopic (exact) mass is 1060 g/mol. The molecular formula is C40H68N2O30. The number of hydrogen-bond acceptors (Lipinski definition) is 30. The summed E-state index contributed by atoms with van der Waals surface area (Å²) in [5, 5.41) is 187. The summed E-state index contributed by atoms with van der Waals surface area (Å²) in [4.78, 5) is 23.8. The number of aliphatic hydroxyl groups is 17. The first kappa shape index (κ1) is 59.1. The minimum atomic E-state index is -2.20. The molecule has 19 N–H and O–H groups in total. The van der Waals surface area contributed by atoms with Crippen LogP contribution >= 0.6 is 0 Å². The van der Waals surface area contributed by atoms with Gasteiger partial charge in [-0.05, 0) is 6.92 Å². The molecular weight excluding hydrogens is 988 g/mol. The molecule has 2 amide bonds. The van der Waals surface area contributed by atoms with Gasteiger partial charge in [0.2, 0.25) is 11.8 Å². The first-order valence-electron chi connectivity index (χ1n) is 23.0. The lowest BCUT2D eigenvalue weighted by atomic mass is 9.94. The number of amides is 2. The molecule has 32 heteroatoms. The van der Waals surface area contributed by atoms with E-state index in [1.807, 2.05) is 0 Å². The molecule has 30 atom stereocenters. The van der Waals surface area contributed by atoms with Gasteiger partial charge in [0.25, 0.3) is 0 Å². The number of carbonyl (C=O) groups excluding carboxylic acids is 2. The largest absolute Gasteiger partial charge is 0.394 e. The van der Waals surface area contributed by atoms with E-state index in [0.29, 0.717) is 0 Å². The molecule has 6 aliphatic rings. The van der Waals surface area contributed by atoms with Crippen LogP contribution in [0.2, 0.25) is 0 Å². The van der Waals surface area contributed by atoms with Gasteiger partial charge in [0.1, 0.15) is 140 Å². The van der Waals surface area contributed by atoms with Crippen LogP contribution in [-0.2, 0) is 61.7 Å². The van der Waals surface area contributed by atoms with Crippen LogP contribution in [0.1, 0.15) is 20.8 Å². The zero-order valence-electron chi connectivity index (χ0n) is 38.8. The Labute approximate surface area is 408 Å². The fraction of sp³-hybridized carbons (Fsp3) is 0.950. The highest BCUT2D eigenvalue weighted by atomic mass is 16.8. The van der Waals surface area contributed by atoms with Gasteiger partial charge in [-0.2, -0.15) is 0 Å². The average molecular weight is 1060 g/mol. The predicted molar refractivity (Wildman–Crippen MR) is 221 cm³/mol. The molecule has 0 aromatic heterocycles. The molecule has 6 aliphatic heterocycles. The Morgan fingerprint density at radius 3 is 1.40 bits per heavy atom. The maximum Gasteiger partial charge on any atom is 0.217 e. The minimum Gasteiger partial charge on any atom is -0.394 e. The van der Waals surface area contributed by atoms with Gasteiger partial charge in [-0.25, -0.2) is 0 Å². The highest BCUT2D eigenvalue weighted by molar-refractivity contribution is 5.73. The summed E-state index contributed by atoms with van der Waals surface area (Å²) in [5.41, 5.74) is 0. The molecule has 0 aromatic rings. The van der Waals surface area contributed by atoms with Crippen LogP contribution in [0.15, 0.2) is 0 Å². The molecule has 418 valence electrons. The topological polar surface area (TPSA) is 504 Å². The van der Waals surface area contributed by atoms with Crippen LogP contribution in [0, 0.1) is 0 Å². The van der Waals surface area contributed by atoms with Crippen LogP contribution in [-0.4, -0.2) is 316 Å². The number of rotatable bonds is 17. The number of aliphatic hydroxyl groups excluding tert-OH is 17. The first-order valence-corrected chi connectivity index (χ1v) is 23.0. The molecule has 0 radical (unpaired) electrons. The zero-order chi connectivity index (χ0) is 53.2. The van der Waals surface area contributed by atoms with Crippen molar-refractivity contribution in [3.05, 3.63) is 0 Å². The van der Waals surface area contributed by atoms with E-state index in [4.69, 9.17) is 52.1 Å². The summed E-state index contributed by atoms with van der Waals surface area (Å²) in [6.45, 7) is -1.13. The summed E-state index contributed by atoms with van der Waals surface area (Å²) in [6.07, 6.45) is -51.4. The standard InChI is InChI=1S/C40H68N2O30/c1-9-19(49)25(55)28(58)37(63-9)72-34-26(56)20(50)12(4-43)66-40(34)71-33-22(52)13(5-44)65-39(30(33)60)70-32-15(7-46)68-38(29(59)27(32)57)69-31-14(6-45)67-36(18(24(31)54)42-11(3)48)62-8-16-21(51)23(53)17(35(61)64-16)41-10(2)47/h9,12-40,43-46,49-61H,4-8H2,1-3H3,(H,41,47)(H,42,48)/t9-,12+,13+,14+,15+,16+,17+,18+,19+,20-,21-,22-,23+,24+,25+,26-,27+,28-,29+,30+,31+,32-,33-,34+,35+,36+,37-,38-,39+,40+/m0/s1. The van der Waals surface area contributed by atoms with Gasteiger partial charge in [-0.3, -0.25) is 9.59 Å². The Hall–Kier alpha value is -2.18. The Bertz CT molecular complexity index is 1730. The van der Waals surface area contributed by atoms with Crippen molar-refractivity contribution in [3.63, 3.8) is 0 Å². The van der Waals surface area contributed by atoms with Crippen molar-refractivity contribution in [1.82, 2.24) is 10.6 Å². The van der Waals surface area contributed by atoms with Crippen LogP contribution in [0.5, 0.6) is 0 Å². The molecule has 0 aromatic carbocycles. The third-order valence-electron chi connectivity index (χ3n) is 13.2. The van der Waals surface area contributed by atoms with Crippen LogP contribution < -0.4 is 10.6 Å². The molecule has 6 heterocycles. The van der Waals surface area contributed by atoms with Gasteiger partial charge >= 0.3 is 0 Å². The fourth-order valence-corrected chi connectivity index (χ4v) is 9.15. The SMILES string of the molecule is CC(=O)N[C@@H]1[C@@H](O)[C@@H](O)[C@@H](CO[C@@H]2O[C@H](CO)[C@@H](O[C@@H]3O[C@H](CO)[C@H](O[C@H]4O[C@H](CO)[C@H](O)[C@H](O[C@H]5O[C@H](CO)[C@H](O)[C@H](O)[C@H]5O[C@@H]5O[C@@H](C)[C@@H](O)[C@@H](O)[C@@H]5O)[C@H]4O)[C@H](O)[C@H]3O)[C@H](O)[C@H]2NC(C)=O)O[C@H]1O. The van der Waals surface area contributed by atoms with E-state index in [1.165, 1.54) is 6.92 Å². The van der Waals surface area contributed by atoms with Crippen LogP contribution in [0.3, 0.4) is 0 Å². The molecule has 0 unspecified atom stereocenters. The third-order valence-corrected chi connectivity index (χ3v) is 13.2. The molecule has 6 fully saturated rings. The van der Waals surface area contributed by atoms with E-state index >= 15 is 0 Å². The molecule has 0 spiro atoms. The van der Waals surface area contributed by atoms with E-state index in [2.05, 4.69) is 10.6 Å². The first-order chi connectivity index (χ1) is 34.0. The van der Waals surface area contributed by atoms with Crippen molar-refractivity contribution in [1.29, 1.82) is 0 Å². The molecule has 0 saturated carbocycles. The van der Waals surface area contributed by atoms with E-state index in [1.54, 1.807) is 0 Å². The smallest absolute Gasteiger partial charge is 0.217 e. The van der Waals surface area contributed by atoms with Crippen molar-refractivity contribution < 1.29 is 149 Å². The molecule has 0 aliphatic carbocycles.